The molecule has 0 aliphatic carbocycles. The topological polar surface area (TPSA) is 126 Å². The monoisotopic (exact) mass is 555 g/mol. The van der Waals surface area contributed by atoms with E-state index in [4.69, 9.17) is 0 Å². The molecule has 11 nitrogen and oxygen atoms in total. The number of hydrogen-bond acceptors (Lipinski definition) is 6. The number of aromatic nitrogens is 3. The Bertz CT molecular complexity index is 1250. The fraction of sp³-hybridized carbons (Fsp3) is 0.333. The van der Waals surface area contributed by atoms with Crippen molar-refractivity contribution in [2.45, 2.75) is 32.0 Å². The van der Waals surface area contributed by atoms with E-state index in [0.717, 1.165) is 22.9 Å². The van der Waals surface area contributed by atoms with Crippen molar-refractivity contribution in [3.05, 3.63) is 86.1 Å². The summed E-state index contributed by atoms with van der Waals surface area (Å²) in [6.45, 7) is 0.829. The number of hydrogen-bond donors (Lipinski definition) is 1. The van der Waals surface area contributed by atoms with Crippen LogP contribution in [-0.4, -0.2) is 54.7 Å². The highest BCUT2D eigenvalue weighted by molar-refractivity contribution is 9.10. The molecule has 0 radical (unpaired) electrons. The maximum Gasteiger partial charge on any atom is 0.318 e. The Labute approximate surface area is 216 Å². The molecule has 2 aromatic carbocycles. The molecule has 3 amide bonds. The minimum absolute atomic E-state index is 0.0282. The van der Waals surface area contributed by atoms with E-state index in [2.05, 4.69) is 31.6 Å². The molecular formula is C24H26BrN7O4. The number of aryl methyl sites for hydroxylation is 1. The minimum Gasteiger partial charge on any atom is -0.334 e. The van der Waals surface area contributed by atoms with Gasteiger partial charge < -0.3 is 15.1 Å². The Morgan fingerprint density at radius 1 is 1.19 bits per heavy atom. The summed E-state index contributed by atoms with van der Waals surface area (Å²) in [6.07, 6.45) is 3.46. The molecule has 12 heteroatoms. The van der Waals surface area contributed by atoms with Crippen molar-refractivity contribution >= 4 is 33.6 Å². The number of carbonyl (C=O) groups is 2. The molecule has 4 rings (SSSR count). The van der Waals surface area contributed by atoms with Gasteiger partial charge in [-0.3, -0.25) is 19.6 Å². The van der Waals surface area contributed by atoms with Crippen LogP contribution in [-0.2, 0) is 24.9 Å². The van der Waals surface area contributed by atoms with Crippen molar-refractivity contribution in [2.24, 2.45) is 7.05 Å². The highest BCUT2D eigenvalue weighted by Crippen LogP contribution is 2.35. The molecule has 1 saturated heterocycles. The number of likely N-dealkylation sites (tertiary alicyclic amines) is 1. The standard InChI is InChI=1S/C24H26BrN7O4/c1-29-15-18(27-28-29)16-30(14-17-8-10-19(11-9-17)32(35)36)24(34)26-13-23(33)31-12-4-7-22(31)20-5-2-3-6-21(20)25/h2-3,5-6,8-11,15,22H,4,7,12-14,16H2,1H3,(H,26,34)/t22-/m0/s1. The van der Waals surface area contributed by atoms with Gasteiger partial charge in [-0.15, -0.1) is 5.10 Å². The molecular weight excluding hydrogens is 530 g/mol. The van der Waals surface area contributed by atoms with E-state index < -0.39 is 11.0 Å². The van der Waals surface area contributed by atoms with Crippen LogP contribution in [0.2, 0.25) is 0 Å². The van der Waals surface area contributed by atoms with Gasteiger partial charge in [0.15, 0.2) is 0 Å². The third kappa shape index (κ3) is 6.06. The Balaban J connectivity index is 1.43. The second-order valence-corrected chi connectivity index (χ2v) is 9.44. The minimum atomic E-state index is -0.473. The molecule has 0 unspecified atom stereocenters. The number of carbonyl (C=O) groups excluding carboxylic acids is 2. The maximum atomic E-state index is 13.1. The molecule has 1 fully saturated rings. The fourth-order valence-electron chi connectivity index (χ4n) is 4.30. The van der Waals surface area contributed by atoms with Crippen LogP contribution in [0, 0.1) is 10.1 Å². The number of non-ortho nitro benzene ring substituents is 1. The van der Waals surface area contributed by atoms with Gasteiger partial charge in [0.1, 0.15) is 5.69 Å². The molecule has 1 N–H and O–H groups in total. The predicted molar refractivity (Wildman–Crippen MR) is 135 cm³/mol. The molecule has 1 aliphatic rings. The molecule has 0 saturated carbocycles. The molecule has 0 spiro atoms. The number of nitrogens with zero attached hydrogens (tertiary/aromatic N) is 6. The lowest BCUT2D eigenvalue weighted by Crippen LogP contribution is -2.45. The van der Waals surface area contributed by atoms with Crippen LogP contribution < -0.4 is 5.32 Å². The maximum absolute atomic E-state index is 13.1. The Morgan fingerprint density at radius 2 is 1.94 bits per heavy atom. The average molecular weight is 556 g/mol. The second-order valence-electron chi connectivity index (χ2n) is 8.59. The lowest BCUT2D eigenvalue weighted by molar-refractivity contribution is -0.384. The first-order chi connectivity index (χ1) is 17.3. The highest BCUT2D eigenvalue weighted by atomic mass is 79.9. The van der Waals surface area contributed by atoms with Gasteiger partial charge >= 0.3 is 6.03 Å². The first kappa shape index (κ1) is 25.3. The number of nitro groups is 1. The van der Waals surface area contributed by atoms with Crippen molar-refractivity contribution in [2.75, 3.05) is 13.1 Å². The van der Waals surface area contributed by atoms with Crippen molar-refractivity contribution in [1.29, 1.82) is 0 Å². The number of nitro benzene ring substituents is 1. The molecule has 1 atom stereocenters. The average Bonchev–Trinajstić information content (AvgIpc) is 3.51. The van der Waals surface area contributed by atoms with E-state index in [9.17, 15) is 19.7 Å². The summed E-state index contributed by atoms with van der Waals surface area (Å²) >= 11 is 3.58. The smallest absolute Gasteiger partial charge is 0.318 e. The zero-order valence-electron chi connectivity index (χ0n) is 19.7. The normalized spacial score (nSPS) is 15.1. The van der Waals surface area contributed by atoms with Gasteiger partial charge in [-0.2, -0.15) is 0 Å². The lowest BCUT2D eigenvalue weighted by Gasteiger charge is -2.27. The molecule has 1 aromatic heterocycles. The zero-order valence-corrected chi connectivity index (χ0v) is 21.3. The van der Waals surface area contributed by atoms with E-state index in [1.807, 2.05) is 29.2 Å². The second kappa shape index (κ2) is 11.3. The summed E-state index contributed by atoms with van der Waals surface area (Å²) in [5.41, 5.74) is 2.31. The van der Waals surface area contributed by atoms with Crippen LogP contribution in [0.4, 0.5) is 10.5 Å². The van der Waals surface area contributed by atoms with Crippen molar-refractivity contribution in [1.82, 2.24) is 30.1 Å². The van der Waals surface area contributed by atoms with Crippen LogP contribution in [0.1, 0.15) is 35.7 Å². The van der Waals surface area contributed by atoms with E-state index in [1.54, 1.807) is 25.4 Å². The van der Waals surface area contributed by atoms with Gasteiger partial charge in [0, 0.05) is 42.9 Å². The number of benzene rings is 2. The number of rotatable bonds is 8. The quantitative estimate of drug-likeness (QED) is 0.334. The van der Waals surface area contributed by atoms with Crippen LogP contribution in [0.15, 0.2) is 59.2 Å². The van der Waals surface area contributed by atoms with Crippen LogP contribution in [0.3, 0.4) is 0 Å². The number of nitrogens with one attached hydrogen (secondary N) is 1. The van der Waals surface area contributed by atoms with Gasteiger partial charge in [0.25, 0.3) is 5.69 Å². The van der Waals surface area contributed by atoms with E-state index in [1.165, 1.54) is 21.7 Å². The van der Waals surface area contributed by atoms with Crippen molar-refractivity contribution < 1.29 is 14.5 Å². The summed E-state index contributed by atoms with van der Waals surface area (Å²) < 4.78 is 2.49. The van der Waals surface area contributed by atoms with Crippen molar-refractivity contribution in [3.63, 3.8) is 0 Å². The first-order valence-electron chi connectivity index (χ1n) is 11.5. The predicted octanol–water partition coefficient (Wildman–Crippen LogP) is 3.56. The summed E-state index contributed by atoms with van der Waals surface area (Å²) in [5, 5.41) is 21.7. The van der Waals surface area contributed by atoms with Crippen molar-refractivity contribution in [3.8, 4) is 0 Å². The third-order valence-corrected chi connectivity index (χ3v) is 6.76. The van der Waals surface area contributed by atoms with Gasteiger partial charge in [0.05, 0.1) is 24.1 Å². The van der Waals surface area contributed by atoms with Crippen LogP contribution in [0.5, 0.6) is 0 Å². The van der Waals surface area contributed by atoms with E-state index >= 15 is 0 Å². The zero-order chi connectivity index (χ0) is 25.7. The first-order valence-corrected chi connectivity index (χ1v) is 12.3. The summed E-state index contributed by atoms with van der Waals surface area (Å²) in [4.78, 5) is 40.0. The SMILES string of the molecule is Cn1cc(CN(Cc2ccc([N+](=O)[O-])cc2)C(=O)NCC(=O)N2CCC[C@H]2c2ccccc2Br)nn1. The highest BCUT2D eigenvalue weighted by Gasteiger charge is 2.31. The molecule has 2 heterocycles. The molecule has 188 valence electrons. The number of amides is 3. The summed E-state index contributed by atoms with van der Waals surface area (Å²) in [6, 6.07) is 13.4. The van der Waals surface area contributed by atoms with Crippen LogP contribution >= 0.6 is 15.9 Å². The number of halogens is 1. The molecule has 36 heavy (non-hydrogen) atoms. The van der Waals surface area contributed by atoms with Gasteiger partial charge in [-0.1, -0.05) is 51.5 Å². The Hall–Kier alpha value is -3.80. The van der Waals surface area contributed by atoms with E-state index in [-0.39, 0.29) is 37.3 Å². The van der Waals surface area contributed by atoms with Gasteiger partial charge in [-0.05, 0) is 30.0 Å². The van der Waals surface area contributed by atoms with Gasteiger partial charge in [0.2, 0.25) is 5.91 Å². The van der Waals surface area contributed by atoms with Crippen LogP contribution in [0.25, 0.3) is 0 Å². The molecule has 0 bridgehead atoms. The lowest BCUT2D eigenvalue weighted by atomic mass is 10.0. The molecule has 1 aliphatic heterocycles. The molecule has 3 aromatic rings. The summed E-state index contributed by atoms with van der Waals surface area (Å²) in [5.74, 6) is -0.156. The van der Waals surface area contributed by atoms with E-state index in [0.29, 0.717) is 17.8 Å². The number of urea groups is 1. The fourth-order valence-corrected chi connectivity index (χ4v) is 4.85. The Morgan fingerprint density at radius 3 is 2.61 bits per heavy atom. The largest absolute Gasteiger partial charge is 0.334 e. The third-order valence-electron chi connectivity index (χ3n) is 6.04. The van der Waals surface area contributed by atoms with Gasteiger partial charge in [-0.25, -0.2) is 4.79 Å². The summed E-state index contributed by atoms with van der Waals surface area (Å²) in [7, 11) is 1.73. The Kier molecular flexibility index (Phi) is 7.93.